The molecular formula is C13H18F2N2O3. The van der Waals surface area contributed by atoms with Gasteiger partial charge in [0.25, 0.3) is 0 Å². The van der Waals surface area contributed by atoms with Gasteiger partial charge in [0.1, 0.15) is 11.8 Å². The molecule has 1 amide bonds. The van der Waals surface area contributed by atoms with E-state index >= 15 is 0 Å². The molecule has 7 heteroatoms. The van der Waals surface area contributed by atoms with Gasteiger partial charge >= 0.3 is 6.61 Å². The summed E-state index contributed by atoms with van der Waals surface area (Å²) < 4.78 is 33.1. The SMILES string of the molecule is COCC(N)C(=O)N(C)Cc1ccc(OC(F)F)cc1. The molecule has 0 radical (unpaired) electrons. The smallest absolute Gasteiger partial charge is 0.387 e. The molecule has 1 unspecified atom stereocenters. The van der Waals surface area contributed by atoms with Gasteiger partial charge in [0.15, 0.2) is 0 Å². The van der Waals surface area contributed by atoms with Crippen LogP contribution in [0.15, 0.2) is 24.3 Å². The highest BCUT2D eigenvalue weighted by Crippen LogP contribution is 2.15. The monoisotopic (exact) mass is 288 g/mol. The molecule has 0 saturated carbocycles. The van der Waals surface area contributed by atoms with Crippen molar-refractivity contribution < 1.29 is 23.0 Å². The summed E-state index contributed by atoms with van der Waals surface area (Å²) >= 11 is 0. The van der Waals surface area contributed by atoms with Crippen molar-refractivity contribution in [3.05, 3.63) is 29.8 Å². The number of amides is 1. The van der Waals surface area contributed by atoms with E-state index in [0.717, 1.165) is 5.56 Å². The Hall–Kier alpha value is -1.73. The molecule has 0 fully saturated rings. The molecule has 0 aliphatic rings. The van der Waals surface area contributed by atoms with Crippen molar-refractivity contribution in [1.82, 2.24) is 4.90 Å². The molecule has 5 nitrogen and oxygen atoms in total. The summed E-state index contributed by atoms with van der Waals surface area (Å²) in [5.74, 6) is -0.173. The van der Waals surface area contributed by atoms with Crippen molar-refractivity contribution in [3.8, 4) is 5.75 Å². The van der Waals surface area contributed by atoms with Crippen LogP contribution >= 0.6 is 0 Å². The summed E-state index contributed by atoms with van der Waals surface area (Å²) in [5.41, 5.74) is 6.43. The summed E-state index contributed by atoms with van der Waals surface area (Å²) in [7, 11) is 3.08. The van der Waals surface area contributed by atoms with Gasteiger partial charge in [-0.2, -0.15) is 8.78 Å². The third kappa shape index (κ3) is 5.10. The molecule has 0 bridgehead atoms. The van der Waals surface area contributed by atoms with Crippen molar-refractivity contribution in [2.45, 2.75) is 19.2 Å². The highest BCUT2D eigenvalue weighted by molar-refractivity contribution is 5.81. The molecule has 1 rings (SSSR count). The standard InChI is InChI=1S/C13H18F2N2O3/c1-17(12(18)11(16)8-19-2)7-9-3-5-10(6-4-9)20-13(14)15/h3-6,11,13H,7-8,16H2,1-2H3. The molecule has 1 aromatic rings. The number of carbonyl (C=O) groups excluding carboxylic acids is 1. The van der Waals surface area contributed by atoms with Crippen LogP contribution in [0, 0.1) is 0 Å². The summed E-state index contributed by atoms with van der Waals surface area (Å²) in [4.78, 5) is 13.3. The molecule has 0 heterocycles. The predicted octanol–water partition coefficient (Wildman–Crippen LogP) is 1.22. The minimum absolute atomic E-state index is 0.0776. The normalized spacial score (nSPS) is 12.3. The van der Waals surface area contributed by atoms with Gasteiger partial charge in [0, 0.05) is 20.7 Å². The zero-order valence-electron chi connectivity index (χ0n) is 11.4. The van der Waals surface area contributed by atoms with Crippen LogP contribution < -0.4 is 10.5 Å². The lowest BCUT2D eigenvalue weighted by atomic mass is 10.2. The van der Waals surface area contributed by atoms with Gasteiger partial charge in [-0.3, -0.25) is 4.79 Å². The highest BCUT2D eigenvalue weighted by Gasteiger charge is 2.17. The van der Waals surface area contributed by atoms with Crippen molar-refractivity contribution in [2.75, 3.05) is 20.8 Å². The van der Waals surface area contributed by atoms with E-state index < -0.39 is 12.7 Å². The molecular weight excluding hydrogens is 270 g/mol. The average molecular weight is 288 g/mol. The Morgan fingerprint density at radius 3 is 2.45 bits per heavy atom. The number of carbonyl (C=O) groups is 1. The van der Waals surface area contributed by atoms with Gasteiger partial charge in [-0.1, -0.05) is 12.1 Å². The van der Waals surface area contributed by atoms with Gasteiger partial charge in [0.05, 0.1) is 6.61 Å². The lowest BCUT2D eigenvalue weighted by Crippen LogP contribution is -2.44. The van der Waals surface area contributed by atoms with Gasteiger partial charge in [-0.25, -0.2) is 0 Å². The first-order chi connectivity index (χ1) is 9.43. The number of hydrogen-bond acceptors (Lipinski definition) is 4. The second-order valence-electron chi connectivity index (χ2n) is 4.28. The van der Waals surface area contributed by atoms with Crippen LogP contribution in [0.5, 0.6) is 5.75 Å². The molecule has 2 N–H and O–H groups in total. The third-order valence-electron chi connectivity index (χ3n) is 2.61. The van der Waals surface area contributed by atoms with E-state index in [1.807, 2.05) is 0 Å². The van der Waals surface area contributed by atoms with E-state index in [1.165, 1.54) is 24.1 Å². The number of rotatable bonds is 7. The van der Waals surface area contributed by atoms with E-state index in [4.69, 9.17) is 10.5 Å². The number of benzene rings is 1. The Morgan fingerprint density at radius 1 is 1.35 bits per heavy atom. The number of hydrogen-bond donors (Lipinski definition) is 1. The number of ether oxygens (including phenoxy) is 2. The molecule has 0 aromatic heterocycles. The number of nitrogens with two attached hydrogens (primary N) is 1. The van der Waals surface area contributed by atoms with Crippen LogP contribution in [0.4, 0.5) is 8.78 Å². The third-order valence-corrected chi connectivity index (χ3v) is 2.61. The highest BCUT2D eigenvalue weighted by atomic mass is 19.3. The molecule has 1 aromatic carbocycles. The van der Waals surface area contributed by atoms with Gasteiger partial charge in [0.2, 0.25) is 5.91 Å². The van der Waals surface area contributed by atoms with Gasteiger partial charge in [-0.15, -0.1) is 0 Å². The zero-order chi connectivity index (χ0) is 15.1. The van der Waals surface area contributed by atoms with Crippen molar-refractivity contribution in [2.24, 2.45) is 5.73 Å². The second-order valence-corrected chi connectivity index (χ2v) is 4.28. The summed E-state index contributed by atoms with van der Waals surface area (Å²) in [6, 6.07) is 5.36. The van der Waals surface area contributed by atoms with Crippen LogP contribution in [0.1, 0.15) is 5.56 Å². The molecule has 20 heavy (non-hydrogen) atoms. The first kappa shape index (κ1) is 16.3. The second kappa shape index (κ2) is 7.76. The minimum atomic E-state index is -2.85. The molecule has 1 atom stereocenters. The van der Waals surface area contributed by atoms with Crippen LogP contribution in [0.25, 0.3) is 0 Å². The summed E-state index contributed by atoms with van der Waals surface area (Å²) in [6.07, 6.45) is 0. The number of nitrogens with zero attached hydrogens (tertiary/aromatic N) is 1. The number of alkyl halides is 2. The Kier molecular flexibility index (Phi) is 6.33. The Bertz CT molecular complexity index is 426. The maximum absolute atomic E-state index is 12.0. The van der Waals surface area contributed by atoms with Gasteiger partial charge in [-0.05, 0) is 17.7 Å². The fourth-order valence-corrected chi connectivity index (χ4v) is 1.66. The Balaban J connectivity index is 2.57. The number of likely N-dealkylation sites (N-methyl/N-ethyl adjacent to an activating group) is 1. The van der Waals surface area contributed by atoms with E-state index in [9.17, 15) is 13.6 Å². The van der Waals surface area contributed by atoms with Crippen LogP contribution in [-0.4, -0.2) is 44.2 Å². The topological polar surface area (TPSA) is 64.8 Å². The fraction of sp³-hybridized carbons (Fsp3) is 0.462. The zero-order valence-corrected chi connectivity index (χ0v) is 11.4. The Labute approximate surface area is 116 Å². The van der Waals surface area contributed by atoms with Crippen molar-refractivity contribution in [3.63, 3.8) is 0 Å². The number of halogens is 2. The summed E-state index contributed by atoms with van der Waals surface area (Å²) in [6.45, 7) is -2.38. The van der Waals surface area contributed by atoms with Gasteiger partial charge < -0.3 is 20.1 Å². The maximum atomic E-state index is 12.0. The van der Waals surface area contributed by atoms with Crippen LogP contribution in [0.3, 0.4) is 0 Å². The molecule has 112 valence electrons. The van der Waals surface area contributed by atoms with Crippen LogP contribution in [0.2, 0.25) is 0 Å². The van der Waals surface area contributed by atoms with E-state index in [1.54, 1.807) is 19.2 Å². The number of methoxy groups -OCH3 is 1. The maximum Gasteiger partial charge on any atom is 0.387 e. The average Bonchev–Trinajstić information content (AvgIpc) is 2.39. The van der Waals surface area contributed by atoms with E-state index in [0.29, 0.717) is 6.54 Å². The molecule has 0 aliphatic carbocycles. The first-order valence-corrected chi connectivity index (χ1v) is 5.97. The lowest BCUT2D eigenvalue weighted by Gasteiger charge is -2.21. The lowest BCUT2D eigenvalue weighted by molar-refractivity contribution is -0.132. The fourth-order valence-electron chi connectivity index (χ4n) is 1.66. The Morgan fingerprint density at radius 2 is 1.95 bits per heavy atom. The van der Waals surface area contributed by atoms with Crippen molar-refractivity contribution in [1.29, 1.82) is 0 Å². The molecule has 0 spiro atoms. The van der Waals surface area contributed by atoms with Crippen LogP contribution in [-0.2, 0) is 16.1 Å². The molecule has 0 saturated heterocycles. The van der Waals surface area contributed by atoms with Crippen molar-refractivity contribution >= 4 is 5.91 Å². The predicted molar refractivity (Wildman–Crippen MR) is 69.4 cm³/mol. The largest absolute Gasteiger partial charge is 0.435 e. The quantitative estimate of drug-likeness (QED) is 0.819. The first-order valence-electron chi connectivity index (χ1n) is 5.97. The summed E-state index contributed by atoms with van der Waals surface area (Å²) in [5, 5.41) is 0. The van der Waals surface area contributed by atoms with E-state index in [2.05, 4.69) is 4.74 Å². The van der Waals surface area contributed by atoms with E-state index in [-0.39, 0.29) is 18.3 Å². The molecule has 0 aliphatic heterocycles. The minimum Gasteiger partial charge on any atom is -0.435 e.